The van der Waals surface area contributed by atoms with Crippen LogP contribution in [0.4, 0.5) is 0 Å². The van der Waals surface area contributed by atoms with Gasteiger partial charge in [0.2, 0.25) is 0 Å². The summed E-state index contributed by atoms with van der Waals surface area (Å²) in [5.74, 6) is 1.23. The van der Waals surface area contributed by atoms with Crippen molar-refractivity contribution in [2.45, 2.75) is 26.7 Å². The molecule has 21 heavy (non-hydrogen) atoms. The first-order valence-corrected chi connectivity index (χ1v) is 7.16. The Bertz CT molecular complexity index is 570. The predicted molar refractivity (Wildman–Crippen MR) is 82.7 cm³/mol. The number of benzene rings is 2. The van der Waals surface area contributed by atoms with Crippen LogP contribution in [0.5, 0.6) is 11.5 Å². The number of aryl methyl sites for hydroxylation is 2. The van der Waals surface area contributed by atoms with Gasteiger partial charge in [-0.3, -0.25) is 4.79 Å². The van der Waals surface area contributed by atoms with Crippen LogP contribution < -0.4 is 9.47 Å². The lowest BCUT2D eigenvalue weighted by Gasteiger charge is -2.06. The van der Waals surface area contributed by atoms with Gasteiger partial charge >= 0.3 is 5.97 Å². The molecule has 3 nitrogen and oxygen atoms in total. The van der Waals surface area contributed by atoms with Gasteiger partial charge in [-0.1, -0.05) is 29.8 Å². The van der Waals surface area contributed by atoms with E-state index in [1.165, 1.54) is 0 Å². The lowest BCUT2D eigenvalue weighted by molar-refractivity contribution is -0.134. The standard InChI is InChI=1S/C18H20O3/c1-3-20-16-11-6-15(7-12-16)8-13-18(19)21-17-9-4-14(2)5-10-17/h4-7,9-12H,3,8,13H2,1-2H3. The van der Waals surface area contributed by atoms with Crippen molar-refractivity contribution >= 4 is 5.97 Å². The number of esters is 1. The number of ether oxygens (including phenoxy) is 2. The van der Waals surface area contributed by atoms with Gasteiger partial charge in [0.25, 0.3) is 0 Å². The number of hydrogen-bond donors (Lipinski definition) is 0. The van der Waals surface area contributed by atoms with Crippen molar-refractivity contribution in [2.75, 3.05) is 6.61 Å². The van der Waals surface area contributed by atoms with Gasteiger partial charge in [0.15, 0.2) is 0 Å². The lowest BCUT2D eigenvalue weighted by atomic mass is 10.1. The molecule has 0 fully saturated rings. The van der Waals surface area contributed by atoms with E-state index in [1.807, 2.05) is 62.4 Å². The normalized spacial score (nSPS) is 10.2. The van der Waals surface area contributed by atoms with E-state index in [9.17, 15) is 4.79 Å². The van der Waals surface area contributed by atoms with E-state index in [1.54, 1.807) is 0 Å². The van der Waals surface area contributed by atoms with E-state index < -0.39 is 0 Å². The van der Waals surface area contributed by atoms with Crippen molar-refractivity contribution in [1.29, 1.82) is 0 Å². The van der Waals surface area contributed by atoms with E-state index in [4.69, 9.17) is 9.47 Å². The van der Waals surface area contributed by atoms with Crippen LogP contribution in [-0.2, 0) is 11.2 Å². The summed E-state index contributed by atoms with van der Waals surface area (Å²) in [6.45, 7) is 4.61. The van der Waals surface area contributed by atoms with Gasteiger partial charge in [0.05, 0.1) is 6.61 Å². The molecule has 0 spiro atoms. The highest BCUT2D eigenvalue weighted by molar-refractivity contribution is 5.72. The van der Waals surface area contributed by atoms with E-state index in [-0.39, 0.29) is 5.97 Å². The zero-order valence-electron chi connectivity index (χ0n) is 12.5. The smallest absolute Gasteiger partial charge is 0.311 e. The fourth-order valence-electron chi connectivity index (χ4n) is 1.95. The van der Waals surface area contributed by atoms with Crippen molar-refractivity contribution in [3.63, 3.8) is 0 Å². The molecule has 0 saturated heterocycles. The molecule has 0 atom stereocenters. The molecule has 0 aliphatic heterocycles. The van der Waals surface area contributed by atoms with Gasteiger partial charge in [-0.05, 0) is 50.1 Å². The Hall–Kier alpha value is -2.29. The Morgan fingerprint density at radius 1 is 0.952 bits per heavy atom. The maximum atomic E-state index is 11.8. The van der Waals surface area contributed by atoms with Crippen LogP contribution in [0.3, 0.4) is 0 Å². The summed E-state index contributed by atoms with van der Waals surface area (Å²) >= 11 is 0. The molecule has 0 heterocycles. The summed E-state index contributed by atoms with van der Waals surface area (Å²) in [5, 5.41) is 0. The summed E-state index contributed by atoms with van der Waals surface area (Å²) in [6.07, 6.45) is 1.03. The molecular weight excluding hydrogens is 264 g/mol. The minimum absolute atomic E-state index is 0.215. The average Bonchev–Trinajstić information content (AvgIpc) is 2.49. The SMILES string of the molecule is CCOc1ccc(CCC(=O)Oc2ccc(C)cc2)cc1. The van der Waals surface area contributed by atoms with E-state index in [2.05, 4.69) is 0 Å². The molecule has 2 rings (SSSR count). The number of hydrogen-bond acceptors (Lipinski definition) is 3. The number of carbonyl (C=O) groups is 1. The monoisotopic (exact) mass is 284 g/mol. The molecule has 0 aliphatic rings. The molecule has 2 aromatic rings. The Morgan fingerprint density at radius 3 is 2.19 bits per heavy atom. The summed E-state index contributed by atoms with van der Waals surface area (Å²) in [7, 11) is 0. The summed E-state index contributed by atoms with van der Waals surface area (Å²) in [5.41, 5.74) is 2.24. The second-order valence-electron chi connectivity index (χ2n) is 4.86. The highest BCUT2D eigenvalue weighted by atomic mass is 16.5. The topological polar surface area (TPSA) is 35.5 Å². The van der Waals surface area contributed by atoms with Crippen molar-refractivity contribution in [1.82, 2.24) is 0 Å². The van der Waals surface area contributed by atoms with Crippen LogP contribution in [-0.4, -0.2) is 12.6 Å². The maximum absolute atomic E-state index is 11.8. The van der Waals surface area contributed by atoms with Crippen molar-refractivity contribution in [2.24, 2.45) is 0 Å². The molecule has 0 saturated carbocycles. The van der Waals surface area contributed by atoms with Gasteiger partial charge in [0, 0.05) is 6.42 Å². The molecule has 0 amide bonds. The highest BCUT2D eigenvalue weighted by Crippen LogP contribution is 2.15. The molecular formula is C18H20O3. The van der Waals surface area contributed by atoms with Gasteiger partial charge in [-0.15, -0.1) is 0 Å². The lowest BCUT2D eigenvalue weighted by Crippen LogP contribution is -2.09. The number of rotatable bonds is 6. The minimum atomic E-state index is -0.215. The quantitative estimate of drug-likeness (QED) is 0.595. The van der Waals surface area contributed by atoms with E-state index >= 15 is 0 Å². The predicted octanol–water partition coefficient (Wildman–Crippen LogP) is 3.93. The van der Waals surface area contributed by atoms with E-state index in [0.29, 0.717) is 25.2 Å². The maximum Gasteiger partial charge on any atom is 0.311 e. The first-order valence-electron chi connectivity index (χ1n) is 7.16. The molecule has 0 aliphatic carbocycles. The number of carbonyl (C=O) groups excluding carboxylic acids is 1. The highest BCUT2D eigenvalue weighted by Gasteiger charge is 2.05. The Morgan fingerprint density at radius 2 is 1.57 bits per heavy atom. The van der Waals surface area contributed by atoms with Crippen LogP contribution in [0.25, 0.3) is 0 Å². The van der Waals surface area contributed by atoms with Gasteiger partial charge in [-0.25, -0.2) is 0 Å². The van der Waals surface area contributed by atoms with Crippen molar-refractivity contribution < 1.29 is 14.3 Å². The summed E-state index contributed by atoms with van der Waals surface area (Å²) < 4.78 is 10.7. The molecule has 0 bridgehead atoms. The van der Waals surface area contributed by atoms with Gasteiger partial charge < -0.3 is 9.47 Å². The van der Waals surface area contributed by atoms with Gasteiger partial charge in [-0.2, -0.15) is 0 Å². The Kier molecular flexibility index (Phi) is 5.38. The molecule has 0 aromatic heterocycles. The zero-order chi connectivity index (χ0) is 15.1. The van der Waals surface area contributed by atoms with Crippen LogP contribution in [0.1, 0.15) is 24.5 Å². The average molecular weight is 284 g/mol. The third kappa shape index (κ3) is 4.95. The van der Waals surface area contributed by atoms with Crippen LogP contribution in [0, 0.1) is 6.92 Å². The first kappa shape index (κ1) is 15.1. The molecule has 0 N–H and O–H groups in total. The van der Waals surface area contributed by atoms with Crippen LogP contribution in [0.2, 0.25) is 0 Å². The van der Waals surface area contributed by atoms with Crippen molar-refractivity contribution in [3.8, 4) is 11.5 Å². The van der Waals surface area contributed by atoms with Crippen LogP contribution >= 0.6 is 0 Å². The van der Waals surface area contributed by atoms with Crippen molar-refractivity contribution in [3.05, 3.63) is 59.7 Å². The first-order chi connectivity index (χ1) is 10.2. The third-order valence-corrected chi connectivity index (χ3v) is 3.10. The largest absolute Gasteiger partial charge is 0.494 e. The fourth-order valence-corrected chi connectivity index (χ4v) is 1.95. The Labute approximate surface area is 125 Å². The molecule has 3 heteroatoms. The molecule has 0 unspecified atom stereocenters. The zero-order valence-corrected chi connectivity index (χ0v) is 12.5. The van der Waals surface area contributed by atoms with Gasteiger partial charge in [0.1, 0.15) is 11.5 Å². The molecule has 110 valence electrons. The second-order valence-corrected chi connectivity index (χ2v) is 4.86. The summed E-state index contributed by atoms with van der Waals surface area (Å²) in [6, 6.07) is 15.3. The fraction of sp³-hybridized carbons (Fsp3) is 0.278. The van der Waals surface area contributed by atoms with E-state index in [0.717, 1.165) is 16.9 Å². The second kappa shape index (κ2) is 7.48. The molecule has 2 aromatic carbocycles. The molecule has 0 radical (unpaired) electrons. The summed E-state index contributed by atoms with van der Waals surface area (Å²) in [4.78, 5) is 11.8. The minimum Gasteiger partial charge on any atom is -0.494 e. The third-order valence-electron chi connectivity index (χ3n) is 3.10. The van der Waals surface area contributed by atoms with Crippen LogP contribution in [0.15, 0.2) is 48.5 Å². The Balaban J connectivity index is 1.81.